The molecule has 0 spiro atoms. The van der Waals surface area contributed by atoms with Gasteiger partial charge in [0.05, 0.1) is 12.8 Å². The van der Waals surface area contributed by atoms with Crippen molar-refractivity contribution in [1.29, 1.82) is 0 Å². The Morgan fingerprint density at radius 3 is 2.93 bits per heavy atom. The fraction of sp³-hybridized carbons (Fsp3) is 0.182. The van der Waals surface area contributed by atoms with Crippen molar-refractivity contribution < 1.29 is 9.53 Å². The molecular weight excluding hydrogens is 192 g/mol. The lowest BCUT2D eigenvalue weighted by atomic mass is 10.2. The van der Waals surface area contributed by atoms with E-state index in [1.165, 1.54) is 7.11 Å². The fourth-order valence-corrected chi connectivity index (χ4v) is 1.00. The molecule has 0 saturated heterocycles. The number of carbonyl (C=O) groups excluding carboxylic acids is 1. The second kappa shape index (κ2) is 5.68. The van der Waals surface area contributed by atoms with Crippen LogP contribution >= 0.6 is 0 Å². The zero-order valence-corrected chi connectivity index (χ0v) is 8.41. The number of para-hydroxylation sites is 1. The number of hydrogen-bond donors (Lipinski definition) is 2. The molecule has 4 heteroatoms. The van der Waals surface area contributed by atoms with Crippen LogP contribution in [0.4, 0.5) is 5.69 Å². The summed E-state index contributed by atoms with van der Waals surface area (Å²) < 4.78 is 4.46. The second-order valence-corrected chi connectivity index (χ2v) is 2.74. The van der Waals surface area contributed by atoms with Crippen molar-refractivity contribution in [3.63, 3.8) is 0 Å². The number of benzene rings is 1. The number of nitrogens with two attached hydrogens (primary N) is 1. The number of nitrogen functional groups attached to an aromatic ring is 1. The van der Waals surface area contributed by atoms with E-state index >= 15 is 0 Å². The maximum atomic E-state index is 10.8. The van der Waals surface area contributed by atoms with E-state index in [1.807, 2.05) is 24.3 Å². The Morgan fingerprint density at radius 2 is 2.27 bits per heavy atom. The highest BCUT2D eigenvalue weighted by atomic mass is 16.5. The number of hydrazine groups is 1. The van der Waals surface area contributed by atoms with Gasteiger partial charge in [-0.3, -0.25) is 10.6 Å². The number of rotatable bonds is 2. The Hall–Kier alpha value is -1.99. The van der Waals surface area contributed by atoms with Gasteiger partial charge in [-0.25, -0.2) is 0 Å². The van der Waals surface area contributed by atoms with Crippen molar-refractivity contribution in [3.8, 4) is 11.8 Å². The number of hydrogen-bond acceptors (Lipinski definition) is 4. The third-order valence-electron chi connectivity index (χ3n) is 1.77. The molecule has 0 fully saturated rings. The van der Waals surface area contributed by atoms with Crippen LogP contribution in [0.3, 0.4) is 0 Å². The van der Waals surface area contributed by atoms with Crippen LogP contribution in [0.15, 0.2) is 24.3 Å². The molecule has 1 aromatic rings. The zero-order chi connectivity index (χ0) is 11.1. The van der Waals surface area contributed by atoms with Gasteiger partial charge in [0.25, 0.3) is 0 Å². The molecule has 0 unspecified atom stereocenters. The van der Waals surface area contributed by atoms with Crippen molar-refractivity contribution >= 4 is 11.7 Å². The van der Waals surface area contributed by atoms with Crippen LogP contribution in [0.1, 0.15) is 12.0 Å². The van der Waals surface area contributed by atoms with Gasteiger partial charge in [-0.1, -0.05) is 24.0 Å². The monoisotopic (exact) mass is 204 g/mol. The van der Waals surface area contributed by atoms with Gasteiger partial charge in [-0.15, -0.1) is 0 Å². The molecule has 0 heterocycles. The molecule has 0 bridgehead atoms. The lowest BCUT2D eigenvalue weighted by Gasteiger charge is -2.01. The third-order valence-corrected chi connectivity index (χ3v) is 1.77. The van der Waals surface area contributed by atoms with Crippen molar-refractivity contribution in [2.75, 3.05) is 12.5 Å². The van der Waals surface area contributed by atoms with Gasteiger partial charge in [0, 0.05) is 5.56 Å². The first-order valence-corrected chi connectivity index (χ1v) is 4.39. The number of anilines is 1. The Morgan fingerprint density at radius 1 is 1.53 bits per heavy atom. The lowest BCUT2D eigenvalue weighted by Crippen LogP contribution is -2.07. The SMILES string of the molecule is COC(=O)CC#Cc1ccccc1NN. The quantitative estimate of drug-likeness (QED) is 0.325. The average Bonchev–Trinajstić information content (AvgIpc) is 2.29. The summed E-state index contributed by atoms with van der Waals surface area (Å²) in [5, 5.41) is 0. The zero-order valence-electron chi connectivity index (χ0n) is 8.41. The van der Waals surface area contributed by atoms with Crippen molar-refractivity contribution in [3.05, 3.63) is 29.8 Å². The first-order valence-electron chi connectivity index (χ1n) is 4.39. The highest BCUT2D eigenvalue weighted by Crippen LogP contribution is 2.11. The maximum absolute atomic E-state index is 10.8. The summed E-state index contributed by atoms with van der Waals surface area (Å²) >= 11 is 0. The minimum atomic E-state index is -0.347. The van der Waals surface area contributed by atoms with E-state index in [0.29, 0.717) is 0 Å². The van der Waals surface area contributed by atoms with Gasteiger partial charge in [-0.2, -0.15) is 0 Å². The lowest BCUT2D eigenvalue weighted by molar-refractivity contribution is -0.139. The first-order chi connectivity index (χ1) is 7.27. The van der Waals surface area contributed by atoms with E-state index in [0.717, 1.165) is 11.3 Å². The predicted octanol–water partition coefficient (Wildman–Crippen LogP) is 0.887. The van der Waals surface area contributed by atoms with Crippen molar-refractivity contribution in [2.45, 2.75) is 6.42 Å². The molecule has 0 aliphatic rings. The molecule has 0 aliphatic heterocycles. The summed E-state index contributed by atoms with van der Waals surface area (Å²) in [5.41, 5.74) is 4.01. The van der Waals surface area contributed by atoms with E-state index < -0.39 is 0 Å². The molecule has 1 rings (SSSR count). The molecule has 0 aliphatic carbocycles. The van der Waals surface area contributed by atoms with Crippen molar-refractivity contribution in [1.82, 2.24) is 0 Å². The molecule has 3 N–H and O–H groups in total. The molecule has 0 aromatic heterocycles. The van der Waals surface area contributed by atoms with E-state index in [4.69, 9.17) is 5.84 Å². The molecule has 0 radical (unpaired) electrons. The van der Waals surface area contributed by atoms with Crippen LogP contribution in [0.2, 0.25) is 0 Å². The summed E-state index contributed by atoms with van der Waals surface area (Å²) in [6.07, 6.45) is 0.0788. The van der Waals surface area contributed by atoms with E-state index in [1.54, 1.807) is 0 Å². The number of carbonyl (C=O) groups is 1. The van der Waals surface area contributed by atoms with Gasteiger partial charge in [0.15, 0.2) is 0 Å². The number of ether oxygens (including phenoxy) is 1. The summed E-state index contributed by atoms with van der Waals surface area (Å²) in [7, 11) is 1.33. The van der Waals surface area contributed by atoms with Crippen LogP contribution in [-0.2, 0) is 9.53 Å². The van der Waals surface area contributed by atoms with Crippen molar-refractivity contribution in [2.24, 2.45) is 5.84 Å². The highest BCUT2D eigenvalue weighted by molar-refractivity contribution is 5.72. The van der Waals surface area contributed by atoms with Crippen LogP contribution in [-0.4, -0.2) is 13.1 Å². The largest absolute Gasteiger partial charge is 0.468 e. The van der Waals surface area contributed by atoms with E-state index in [9.17, 15) is 4.79 Å². The highest BCUT2D eigenvalue weighted by Gasteiger charge is 1.96. The fourth-order valence-electron chi connectivity index (χ4n) is 1.00. The Kier molecular flexibility index (Phi) is 4.20. The van der Waals surface area contributed by atoms with Gasteiger partial charge < -0.3 is 10.2 Å². The number of methoxy groups -OCH3 is 1. The molecule has 0 atom stereocenters. The third kappa shape index (κ3) is 3.33. The molecule has 0 amide bonds. The van der Waals surface area contributed by atoms with E-state index in [2.05, 4.69) is 22.0 Å². The van der Waals surface area contributed by atoms with Gasteiger partial charge in [0.2, 0.25) is 0 Å². The molecule has 1 aromatic carbocycles. The molecule has 4 nitrogen and oxygen atoms in total. The molecule has 0 saturated carbocycles. The van der Waals surface area contributed by atoms with Crippen LogP contribution < -0.4 is 11.3 Å². The number of nitrogens with one attached hydrogen (secondary N) is 1. The Bertz CT molecular complexity index is 405. The summed E-state index contributed by atoms with van der Waals surface area (Å²) in [5.74, 6) is 10.5. The van der Waals surface area contributed by atoms with Gasteiger partial charge in [-0.05, 0) is 12.1 Å². The van der Waals surface area contributed by atoms with Gasteiger partial charge in [0.1, 0.15) is 6.42 Å². The van der Waals surface area contributed by atoms with Crippen LogP contribution in [0.5, 0.6) is 0 Å². The Labute approximate surface area is 88.4 Å². The number of esters is 1. The minimum Gasteiger partial charge on any atom is -0.468 e. The second-order valence-electron chi connectivity index (χ2n) is 2.74. The summed E-state index contributed by atoms with van der Waals surface area (Å²) in [4.78, 5) is 10.8. The summed E-state index contributed by atoms with van der Waals surface area (Å²) in [6.45, 7) is 0. The minimum absolute atomic E-state index is 0.0788. The summed E-state index contributed by atoms with van der Waals surface area (Å²) in [6, 6.07) is 7.32. The smallest absolute Gasteiger partial charge is 0.317 e. The normalized spacial score (nSPS) is 8.67. The topological polar surface area (TPSA) is 64.3 Å². The average molecular weight is 204 g/mol. The maximum Gasteiger partial charge on any atom is 0.317 e. The van der Waals surface area contributed by atoms with Crippen LogP contribution in [0, 0.1) is 11.8 Å². The predicted molar refractivity (Wildman–Crippen MR) is 57.8 cm³/mol. The Balaban J connectivity index is 2.75. The first kappa shape index (κ1) is 11.1. The molecular formula is C11H12N2O2. The van der Waals surface area contributed by atoms with E-state index in [-0.39, 0.29) is 12.4 Å². The standard InChI is InChI=1S/C11H12N2O2/c1-15-11(14)8-4-6-9-5-2-3-7-10(9)13-12/h2-3,5,7,13H,8,12H2,1H3. The molecule has 15 heavy (non-hydrogen) atoms. The molecule has 78 valence electrons. The van der Waals surface area contributed by atoms with Crippen LogP contribution in [0.25, 0.3) is 0 Å². The van der Waals surface area contributed by atoms with Gasteiger partial charge >= 0.3 is 5.97 Å².